The molecule has 0 atom stereocenters. The summed E-state index contributed by atoms with van der Waals surface area (Å²) in [6.45, 7) is 2.36. The summed E-state index contributed by atoms with van der Waals surface area (Å²) in [5.74, 6) is 0. The van der Waals surface area contributed by atoms with Gasteiger partial charge in [0.25, 0.3) is 11.4 Å². The fourth-order valence-electron chi connectivity index (χ4n) is 2.18. The Balaban J connectivity index is 0.000000562. The van der Waals surface area contributed by atoms with Crippen molar-refractivity contribution < 1.29 is 35.8 Å². The standard InChI is InChI=1S/2C7H6ClNO5S.Mg/c2*1-4-6(9(10)11)2-5(8)3-7(4)15(12,13)14;/h2*2-3H,1H3,(H,12,13,14);/q;;+2/p-2. The first-order valence-electron chi connectivity index (χ1n) is 7.27. The Morgan fingerprint density at radius 2 is 0.968 bits per heavy atom. The van der Waals surface area contributed by atoms with Gasteiger partial charge in [0, 0.05) is 33.3 Å². The van der Waals surface area contributed by atoms with Crippen molar-refractivity contribution in [2.24, 2.45) is 0 Å². The topological polar surface area (TPSA) is 201 Å². The molecule has 31 heavy (non-hydrogen) atoms. The number of hydrogen-bond acceptors (Lipinski definition) is 10. The molecular formula is C14H10Cl2MgN2O10S2. The number of hydrogen-bond donors (Lipinski definition) is 0. The molecule has 0 radical (unpaired) electrons. The minimum absolute atomic E-state index is 0. The predicted octanol–water partition coefficient (Wildman–Crippen LogP) is 2.54. The largest absolute Gasteiger partial charge is 2.00 e. The van der Waals surface area contributed by atoms with Crippen LogP contribution >= 0.6 is 23.2 Å². The van der Waals surface area contributed by atoms with E-state index in [0.29, 0.717) is 0 Å². The van der Waals surface area contributed by atoms with Crippen LogP contribution in [-0.2, 0) is 20.2 Å². The van der Waals surface area contributed by atoms with Gasteiger partial charge in [-0.05, 0) is 26.0 Å². The van der Waals surface area contributed by atoms with Crippen LogP contribution in [0.1, 0.15) is 11.1 Å². The third-order valence-electron chi connectivity index (χ3n) is 3.53. The number of nitro groups is 2. The molecule has 0 aliphatic rings. The molecular weight excluding hydrogens is 516 g/mol. The van der Waals surface area contributed by atoms with Crippen LogP contribution in [-0.4, -0.2) is 58.8 Å². The maximum absolute atomic E-state index is 10.7. The van der Waals surface area contributed by atoms with Gasteiger partial charge in [-0.2, -0.15) is 0 Å². The maximum atomic E-state index is 10.7. The van der Waals surface area contributed by atoms with Gasteiger partial charge in [0.1, 0.15) is 20.2 Å². The summed E-state index contributed by atoms with van der Waals surface area (Å²) in [5.41, 5.74) is -1.40. The first-order valence-corrected chi connectivity index (χ1v) is 10.8. The zero-order chi connectivity index (χ0) is 23.6. The first kappa shape index (κ1) is 29.4. The van der Waals surface area contributed by atoms with Crippen LogP contribution in [0.15, 0.2) is 34.1 Å². The van der Waals surface area contributed by atoms with E-state index in [1.807, 2.05) is 0 Å². The molecule has 164 valence electrons. The van der Waals surface area contributed by atoms with Crippen molar-refractivity contribution in [1.29, 1.82) is 0 Å². The van der Waals surface area contributed by atoms with Crippen LogP contribution in [0.4, 0.5) is 11.4 Å². The molecule has 0 N–H and O–H groups in total. The van der Waals surface area contributed by atoms with E-state index in [9.17, 15) is 46.2 Å². The number of rotatable bonds is 4. The molecule has 0 heterocycles. The van der Waals surface area contributed by atoms with Crippen molar-refractivity contribution in [3.63, 3.8) is 0 Å². The van der Waals surface area contributed by atoms with Crippen LogP contribution < -0.4 is 0 Å². The average molecular weight is 526 g/mol. The molecule has 17 heteroatoms. The van der Waals surface area contributed by atoms with Crippen LogP contribution in [0.5, 0.6) is 0 Å². The number of nitrogens with zero attached hydrogens (tertiary/aromatic N) is 2. The Hall–Kier alpha value is -1.59. The molecule has 0 amide bonds. The van der Waals surface area contributed by atoms with Crippen molar-refractivity contribution in [3.8, 4) is 0 Å². The van der Waals surface area contributed by atoms with E-state index < -0.39 is 51.2 Å². The molecule has 0 spiro atoms. The molecule has 2 aromatic carbocycles. The molecule has 0 unspecified atom stereocenters. The minimum atomic E-state index is -4.75. The normalized spacial score (nSPS) is 11.0. The van der Waals surface area contributed by atoms with Crippen molar-refractivity contribution in [3.05, 3.63) is 65.7 Å². The van der Waals surface area contributed by atoms with E-state index in [2.05, 4.69) is 0 Å². The van der Waals surface area contributed by atoms with E-state index in [1.54, 1.807) is 0 Å². The van der Waals surface area contributed by atoms with Crippen molar-refractivity contribution >= 4 is 77.9 Å². The fraction of sp³-hybridized carbons (Fsp3) is 0.143. The summed E-state index contributed by atoms with van der Waals surface area (Å²) in [7, 11) is -9.50. The van der Waals surface area contributed by atoms with Gasteiger partial charge in [-0.3, -0.25) is 20.2 Å². The maximum Gasteiger partial charge on any atom is 2.00 e. The summed E-state index contributed by atoms with van der Waals surface area (Å²) >= 11 is 10.9. The zero-order valence-corrected chi connectivity index (χ0v) is 20.1. The van der Waals surface area contributed by atoms with Gasteiger partial charge in [0.2, 0.25) is 0 Å². The van der Waals surface area contributed by atoms with E-state index >= 15 is 0 Å². The van der Waals surface area contributed by atoms with Crippen LogP contribution in [0.3, 0.4) is 0 Å². The van der Waals surface area contributed by atoms with Crippen molar-refractivity contribution in [2.75, 3.05) is 0 Å². The number of halogens is 2. The Morgan fingerprint density at radius 1 is 0.710 bits per heavy atom. The molecule has 2 aromatic rings. The minimum Gasteiger partial charge on any atom is -0.744 e. The summed E-state index contributed by atoms with van der Waals surface area (Å²) in [4.78, 5) is 18.1. The van der Waals surface area contributed by atoms with Gasteiger partial charge >= 0.3 is 23.1 Å². The quantitative estimate of drug-likeness (QED) is 0.247. The average Bonchev–Trinajstić information content (AvgIpc) is 2.56. The van der Waals surface area contributed by atoms with Crippen molar-refractivity contribution in [1.82, 2.24) is 0 Å². The van der Waals surface area contributed by atoms with Crippen LogP contribution in [0.25, 0.3) is 0 Å². The van der Waals surface area contributed by atoms with Gasteiger partial charge < -0.3 is 9.11 Å². The molecule has 0 aromatic heterocycles. The fourth-order valence-corrected chi connectivity index (χ4v) is 4.24. The molecule has 0 fully saturated rings. The monoisotopic (exact) mass is 524 g/mol. The van der Waals surface area contributed by atoms with E-state index in [0.717, 1.165) is 24.3 Å². The van der Waals surface area contributed by atoms with E-state index in [4.69, 9.17) is 23.2 Å². The molecule has 0 aliphatic carbocycles. The third-order valence-corrected chi connectivity index (χ3v) is 5.89. The third kappa shape index (κ3) is 7.80. The molecule has 0 saturated heterocycles. The SMILES string of the molecule is Cc1c([N+](=O)[O-])cc(Cl)cc1S(=O)(=O)[O-].Cc1c([N+](=O)[O-])cc(Cl)cc1S(=O)(=O)[O-].[Mg+2]. The van der Waals surface area contributed by atoms with E-state index in [-0.39, 0.29) is 44.2 Å². The van der Waals surface area contributed by atoms with Crippen LogP contribution in [0.2, 0.25) is 10.0 Å². The van der Waals surface area contributed by atoms with Gasteiger partial charge in [-0.25, -0.2) is 16.8 Å². The van der Waals surface area contributed by atoms with Gasteiger partial charge in [-0.1, -0.05) is 23.2 Å². The smallest absolute Gasteiger partial charge is 0.744 e. The molecule has 2 rings (SSSR count). The van der Waals surface area contributed by atoms with Crippen molar-refractivity contribution in [2.45, 2.75) is 23.6 Å². The Morgan fingerprint density at radius 3 is 1.16 bits per heavy atom. The second-order valence-corrected chi connectivity index (χ2v) is 9.09. The summed E-state index contributed by atoms with van der Waals surface area (Å²) in [5, 5.41) is 20.7. The van der Waals surface area contributed by atoms with Gasteiger partial charge in [-0.15, -0.1) is 0 Å². The predicted molar refractivity (Wildman–Crippen MR) is 107 cm³/mol. The van der Waals surface area contributed by atoms with Gasteiger partial charge in [0.15, 0.2) is 0 Å². The number of nitro benzene ring substituents is 2. The van der Waals surface area contributed by atoms with Gasteiger partial charge in [0.05, 0.1) is 19.6 Å². The Labute approximate surface area is 202 Å². The first-order chi connectivity index (χ1) is 13.5. The second kappa shape index (κ2) is 10.8. The summed E-state index contributed by atoms with van der Waals surface area (Å²) < 4.78 is 64.5. The summed E-state index contributed by atoms with van der Waals surface area (Å²) in [6, 6.07) is 3.77. The molecule has 0 saturated carbocycles. The van der Waals surface area contributed by atoms with E-state index in [1.165, 1.54) is 13.8 Å². The molecule has 12 nitrogen and oxygen atoms in total. The number of benzene rings is 2. The summed E-state index contributed by atoms with van der Waals surface area (Å²) in [6.07, 6.45) is 0. The molecule has 0 aliphatic heterocycles. The molecule has 0 bridgehead atoms. The second-order valence-electron chi connectivity index (χ2n) is 5.52. The van der Waals surface area contributed by atoms with Crippen LogP contribution in [0, 0.1) is 34.1 Å². The zero-order valence-electron chi connectivity index (χ0n) is 15.6. The Bertz CT molecular complexity index is 1150. The Kier molecular flexibility index (Phi) is 10.3.